The fourth-order valence-electron chi connectivity index (χ4n) is 1.64. The second-order valence-corrected chi connectivity index (χ2v) is 5.33. The summed E-state index contributed by atoms with van der Waals surface area (Å²) in [5.74, 6) is 0.186. The second-order valence-electron chi connectivity index (χ2n) is 4.22. The Morgan fingerprint density at radius 1 is 1.35 bits per heavy atom. The number of aromatic nitrogens is 1. The number of carbonyl (C=O) groups excluding carboxylic acids is 1. The molecule has 0 atom stereocenters. The smallest absolute Gasteiger partial charge is 0.222 e. The minimum Gasteiger partial charge on any atom is -0.349 e. The molecule has 90 valence electrons. The highest BCUT2D eigenvalue weighted by atomic mass is 32.1. The first-order chi connectivity index (χ1) is 8.16. The number of aryl methyl sites for hydroxylation is 1. The maximum absolute atomic E-state index is 11.4. The van der Waals surface area contributed by atoms with E-state index in [1.54, 1.807) is 30.3 Å². The van der Waals surface area contributed by atoms with Gasteiger partial charge in [0.2, 0.25) is 5.91 Å². The number of carbonyl (C=O) groups is 1. The van der Waals surface area contributed by atoms with Gasteiger partial charge in [-0.1, -0.05) is 12.1 Å². The molecule has 0 saturated heterocycles. The predicted molar refractivity (Wildman–Crippen MR) is 71.3 cm³/mol. The van der Waals surface area contributed by atoms with E-state index in [1.807, 2.05) is 18.2 Å². The summed E-state index contributed by atoms with van der Waals surface area (Å²) in [6.45, 7) is 0. The molecule has 0 bridgehead atoms. The highest BCUT2D eigenvalue weighted by Crippen LogP contribution is 2.22. The molecule has 0 radical (unpaired) electrons. The number of hydrogen-bond acceptors (Lipinski definition) is 3. The number of fused-ring (bicyclic) bond motifs is 1. The summed E-state index contributed by atoms with van der Waals surface area (Å²) in [4.78, 5) is 17.6. The first-order valence-corrected chi connectivity index (χ1v) is 6.53. The maximum atomic E-state index is 11.4. The summed E-state index contributed by atoms with van der Waals surface area (Å²) >= 11 is 1.72. The predicted octanol–water partition coefficient (Wildman–Crippen LogP) is 2.71. The molecule has 4 heteroatoms. The Labute approximate surface area is 105 Å². The van der Waals surface area contributed by atoms with Gasteiger partial charge >= 0.3 is 0 Å². The van der Waals surface area contributed by atoms with Crippen LogP contribution < -0.4 is 0 Å². The van der Waals surface area contributed by atoms with Gasteiger partial charge < -0.3 is 4.90 Å². The van der Waals surface area contributed by atoms with E-state index in [0.717, 1.165) is 23.4 Å². The van der Waals surface area contributed by atoms with Gasteiger partial charge in [0.15, 0.2) is 0 Å². The van der Waals surface area contributed by atoms with Crippen molar-refractivity contribution in [1.29, 1.82) is 0 Å². The molecule has 1 heterocycles. The normalized spacial score (nSPS) is 10.7. The molecule has 0 N–H and O–H groups in total. The van der Waals surface area contributed by atoms with Crippen molar-refractivity contribution in [3.8, 4) is 0 Å². The molecule has 0 unspecified atom stereocenters. The molecule has 0 fully saturated rings. The molecule has 0 spiro atoms. The standard InChI is InChI=1S/C13H16N2OS/c1-15(2)13(16)9-5-8-12-14-10-6-3-4-7-11(10)17-12/h3-4,6-7H,5,8-9H2,1-2H3. The van der Waals surface area contributed by atoms with Crippen molar-refractivity contribution in [2.75, 3.05) is 14.1 Å². The van der Waals surface area contributed by atoms with E-state index in [-0.39, 0.29) is 5.91 Å². The van der Waals surface area contributed by atoms with Gasteiger partial charge in [0.1, 0.15) is 0 Å². The lowest BCUT2D eigenvalue weighted by atomic mass is 10.2. The van der Waals surface area contributed by atoms with Crippen molar-refractivity contribution >= 4 is 27.5 Å². The van der Waals surface area contributed by atoms with Crippen molar-refractivity contribution in [2.24, 2.45) is 0 Å². The van der Waals surface area contributed by atoms with Crippen molar-refractivity contribution in [3.05, 3.63) is 29.3 Å². The Balaban J connectivity index is 1.93. The summed E-state index contributed by atoms with van der Waals surface area (Å²) in [5, 5.41) is 1.12. The number of hydrogen-bond donors (Lipinski definition) is 0. The molecule has 0 aliphatic rings. The lowest BCUT2D eigenvalue weighted by Gasteiger charge is -2.08. The van der Waals surface area contributed by atoms with E-state index >= 15 is 0 Å². The molecule has 0 saturated carbocycles. The number of nitrogens with zero attached hydrogens (tertiary/aromatic N) is 2. The van der Waals surface area contributed by atoms with Gasteiger partial charge in [-0.2, -0.15) is 0 Å². The third-order valence-corrected chi connectivity index (χ3v) is 3.71. The largest absolute Gasteiger partial charge is 0.349 e. The van der Waals surface area contributed by atoms with Crippen LogP contribution in [0.15, 0.2) is 24.3 Å². The highest BCUT2D eigenvalue weighted by Gasteiger charge is 2.06. The fourth-order valence-corrected chi connectivity index (χ4v) is 2.65. The van der Waals surface area contributed by atoms with Gasteiger partial charge in [-0.15, -0.1) is 11.3 Å². The Bertz CT molecular complexity index is 486. The quantitative estimate of drug-likeness (QED) is 0.833. The molecule has 1 aromatic carbocycles. The minimum atomic E-state index is 0.186. The van der Waals surface area contributed by atoms with Crippen LogP contribution in [0.1, 0.15) is 17.8 Å². The summed E-state index contributed by atoms with van der Waals surface area (Å²) in [7, 11) is 3.58. The Morgan fingerprint density at radius 3 is 2.82 bits per heavy atom. The van der Waals surface area contributed by atoms with Gasteiger partial charge in [-0.05, 0) is 25.0 Å². The number of rotatable bonds is 4. The van der Waals surface area contributed by atoms with Crippen molar-refractivity contribution in [2.45, 2.75) is 19.3 Å². The van der Waals surface area contributed by atoms with Gasteiger partial charge in [-0.3, -0.25) is 4.79 Å². The molecule has 0 aliphatic heterocycles. The van der Waals surface area contributed by atoms with Crippen molar-refractivity contribution in [1.82, 2.24) is 9.88 Å². The van der Waals surface area contributed by atoms with Gasteiger partial charge in [0, 0.05) is 20.5 Å². The van der Waals surface area contributed by atoms with Gasteiger partial charge in [-0.25, -0.2) is 4.98 Å². The molecule has 1 amide bonds. The molecular weight excluding hydrogens is 232 g/mol. The molecular formula is C13H16N2OS. The van der Waals surface area contributed by atoms with Crippen LogP contribution in [0.25, 0.3) is 10.2 Å². The van der Waals surface area contributed by atoms with E-state index < -0.39 is 0 Å². The molecule has 1 aromatic heterocycles. The van der Waals surface area contributed by atoms with Gasteiger partial charge in [0.05, 0.1) is 15.2 Å². The number of amides is 1. The molecule has 0 aliphatic carbocycles. The number of thiazole rings is 1. The van der Waals surface area contributed by atoms with E-state index in [2.05, 4.69) is 11.1 Å². The van der Waals surface area contributed by atoms with Crippen LogP contribution in [0.2, 0.25) is 0 Å². The molecule has 2 aromatic rings. The van der Waals surface area contributed by atoms with Gasteiger partial charge in [0.25, 0.3) is 0 Å². The monoisotopic (exact) mass is 248 g/mol. The first-order valence-electron chi connectivity index (χ1n) is 5.71. The molecule has 17 heavy (non-hydrogen) atoms. The second kappa shape index (κ2) is 5.27. The van der Waals surface area contributed by atoms with E-state index in [4.69, 9.17) is 0 Å². The third-order valence-electron chi connectivity index (χ3n) is 2.62. The number of benzene rings is 1. The van der Waals surface area contributed by atoms with Crippen LogP contribution in [0.4, 0.5) is 0 Å². The SMILES string of the molecule is CN(C)C(=O)CCCc1nc2ccccc2s1. The van der Waals surface area contributed by atoms with E-state index in [1.165, 1.54) is 4.70 Å². The maximum Gasteiger partial charge on any atom is 0.222 e. The topological polar surface area (TPSA) is 33.2 Å². The fraction of sp³-hybridized carbons (Fsp3) is 0.385. The average molecular weight is 248 g/mol. The third kappa shape index (κ3) is 3.03. The summed E-state index contributed by atoms with van der Waals surface area (Å²) in [6.07, 6.45) is 2.36. The minimum absolute atomic E-state index is 0.186. The zero-order valence-corrected chi connectivity index (χ0v) is 11.0. The first kappa shape index (κ1) is 12.0. The van der Waals surface area contributed by atoms with Crippen LogP contribution in [-0.2, 0) is 11.2 Å². The van der Waals surface area contributed by atoms with Crippen LogP contribution in [0.3, 0.4) is 0 Å². The Hall–Kier alpha value is -1.42. The summed E-state index contributed by atoms with van der Waals surface area (Å²) in [6, 6.07) is 8.14. The average Bonchev–Trinajstić information content (AvgIpc) is 2.71. The number of para-hydroxylation sites is 1. The van der Waals surface area contributed by atoms with Crippen molar-refractivity contribution < 1.29 is 4.79 Å². The molecule has 3 nitrogen and oxygen atoms in total. The van der Waals surface area contributed by atoms with Crippen LogP contribution in [-0.4, -0.2) is 29.9 Å². The lowest BCUT2D eigenvalue weighted by molar-refractivity contribution is -0.128. The summed E-state index contributed by atoms with van der Waals surface area (Å²) < 4.78 is 1.22. The van der Waals surface area contributed by atoms with Crippen LogP contribution >= 0.6 is 11.3 Å². The zero-order valence-electron chi connectivity index (χ0n) is 10.1. The van der Waals surface area contributed by atoms with E-state index in [9.17, 15) is 4.79 Å². The Morgan fingerprint density at radius 2 is 2.12 bits per heavy atom. The summed E-state index contributed by atoms with van der Waals surface area (Å²) in [5.41, 5.74) is 1.06. The lowest BCUT2D eigenvalue weighted by Crippen LogP contribution is -2.21. The molecule has 2 rings (SSSR count). The zero-order chi connectivity index (χ0) is 12.3. The van der Waals surface area contributed by atoms with Crippen LogP contribution in [0, 0.1) is 0 Å². The highest BCUT2D eigenvalue weighted by molar-refractivity contribution is 7.18. The van der Waals surface area contributed by atoms with Crippen LogP contribution in [0.5, 0.6) is 0 Å². The van der Waals surface area contributed by atoms with Crippen molar-refractivity contribution in [3.63, 3.8) is 0 Å². The van der Waals surface area contributed by atoms with E-state index in [0.29, 0.717) is 6.42 Å². The Kier molecular flexibility index (Phi) is 3.74.